The Morgan fingerprint density at radius 1 is 1.37 bits per heavy atom. The molecule has 1 heterocycles. The number of esters is 1. The van der Waals surface area contributed by atoms with Crippen molar-refractivity contribution in [2.45, 2.75) is 18.4 Å². The Labute approximate surface area is 112 Å². The molecule has 0 saturated carbocycles. The van der Waals surface area contributed by atoms with Crippen LogP contribution >= 0.6 is 0 Å². The minimum atomic E-state index is -0.692. The van der Waals surface area contributed by atoms with E-state index in [1.807, 2.05) is 12.1 Å². The Bertz CT molecular complexity index is 496. The molecule has 2 rings (SSSR count). The summed E-state index contributed by atoms with van der Waals surface area (Å²) < 4.78 is 4.66. The zero-order valence-electron chi connectivity index (χ0n) is 10.9. The first-order valence-corrected chi connectivity index (χ1v) is 6.21. The number of methoxy groups -OCH3 is 1. The van der Waals surface area contributed by atoms with Gasteiger partial charge in [0.25, 0.3) is 0 Å². The van der Waals surface area contributed by atoms with Gasteiger partial charge >= 0.3 is 5.97 Å². The van der Waals surface area contributed by atoms with Crippen molar-refractivity contribution in [3.63, 3.8) is 0 Å². The number of nitrogens with two attached hydrogens (primary N) is 1. The van der Waals surface area contributed by atoms with Gasteiger partial charge in [-0.15, -0.1) is 0 Å². The normalized spacial score (nSPS) is 17.6. The Morgan fingerprint density at radius 2 is 1.95 bits per heavy atom. The van der Waals surface area contributed by atoms with Crippen LogP contribution in [0.25, 0.3) is 0 Å². The van der Waals surface area contributed by atoms with Crippen molar-refractivity contribution in [3.8, 4) is 6.07 Å². The van der Waals surface area contributed by atoms with Gasteiger partial charge in [0.2, 0.25) is 0 Å². The lowest BCUT2D eigenvalue weighted by atomic mass is 9.90. The fourth-order valence-electron chi connectivity index (χ4n) is 2.20. The molecule has 1 aliphatic rings. The quantitative estimate of drug-likeness (QED) is 0.810. The van der Waals surface area contributed by atoms with E-state index in [1.54, 1.807) is 12.1 Å². The van der Waals surface area contributed by atoms with Crippen LogP contribution in [-0.4, -0.2) is 31.7 Å². The molecule has 100 valence electrons. The van der Waals surface area contributed by atoms with E-state index in [0.717, 1.165) is 18.8 Å². The maximum Gasteiger partial charge on any atom is 0.337 e. The van der Waals surface area contributed by atoms with Crippen LogP contribution in [0, 0.1) is 11.3 Å². The molecule has 1 aromatic carbocycles. The molecule has 0 unspecified atom stereocenters. The van der Waals surface area contributed by atoms with Gasteiger partial charge in [0, 0.05) is 18.8 Å². The van der Waals surface area contributed by atoms with E-state index in [1.165, 1.54) is 7.11 Å². The van der Waals surface area contributed by atoms with E-state index in [-0.39, 0.29) is 5.97 Å². The standard InChI is InChI=1S/C14H17N3O2/c1-19-13(18)11-2-4-12(5-3-11)17-8-6-14(16,10-15)7-9-17/h2-5H,6-9,16H2,1H3. The van der Waals surface area contributed by atoms with Crippen molar-refractivity contribution < 1.29 is 9.53 Å². The lowest BCUT2D eigenvalue weighted by Gasteiger charge is -2.36. The highest BCUT2D eigenvalue weighted by molar-refractivity contribution is 5.89. The van der Waals surface area contributed by atoms with Crippen molar-refractivity contribution >= 4 is 11.7 Å². The Hall–Kier alpha value is -2.06. The lowest BCUT2D eigenvalue weighted by molar-refractivity contribution is 0.0601. The largest absolute Gasteiger partial charge is 0.465 e. The molecule has 1 aliphatic heterocycles. The van der Waals surface area contributed by atoms with Crippen LogP contribution in [0.2, 0.25) is 0 Å². The van der Waals surface area contributed by atoms with Crippen LogP contribution in [0.1, 0.15) is 23.2 Å². The minimum Gasteiger partial charge on any atom is -0.465 e. The highest BCUT2D eigenvalue weighted by Crippen LogP contribution is 2.24. The first-order valence-electron chi connectivity index (χ1n) is 6.21. The van der Waals surface area contributed by atoms with Gasteiger partial charge in [-0.05, 0) is 37.1 Å². The summed E-state index contributed by atoms with van der Waals surface area (Å²) in [5.41, 5.74) is 6.81. The van der Waals surface area contributed by atoms with E-state index < -0.39 is 5.54 Å². The third-order valence-corrected chi connectivity index (χ3v) is 3.53. The van der Waals surface area contributed by atoms with Gasteiger partial charge < -0.3 is 15.4 Å². The van der Waals surface area contributed by atoms with E-state index in [4.69, 9.17) is 11.0 Å². The summed E-state index contributed by atoms with van der Waals surface area (Å²) >= 11 is 0. The summed E-state index contributed by atoms with van der Waals surface area (Å²) in [5.74, 6) is -0.337. The fourth-order valence-corrected chi connectivity index (χ4v) is 2.20. The van der Waals surface area contributed by atoms with Gasteiger partial charge in [-0.25, -0.2) is 4.79 Å². The molecule has 0 bridgehead atoms. The topological polar surface area (TPSA) is 79.3 Å². The number of benzene rings is 1. The molecule has 1 saturated heterocycles. The fraction of sp³-hybridized carbons (Fsp3) is 0.429. The average molecular weight is 259 g/mol. The zero-order valence-corrected chi connectivity index (χ0v) is 10.9. The number of rotatable bonds is 2. The SMILES string of the molecule is COC(=O)c1ccc(N2CCC(N)(C#N)CC2)cc1. The molecule has 0 atom stereocenters. The molecule has 1 fully saturated rings. The summed E-state index contributed by atoms with van der Waals surface area (Å²) in [6, 6.07) is 9.45. The van der Waals surface area contributed by atoms with Gasteiger partial charge in [-0.2, -0.15) is 5.26 Å². The van der Waals surface area contributed by atoms with Crippen molar-refractivity contribution in [2.75, 3.05) is 25.1 Å². The van der Waals surface area contributed by atoms with Gasteiger partial charge in [-0.3, -0.25) is 0 Å². The van der Waals surface area contributed by atoms with Crippen LogP contribution in [-0.2, 0) is 4.74 Å². The summed E-state index contributed by atoms with van der Waals surface area (Å²) in [6.07, 6.45) is 1.31. The molecule has 5 heteroatoms. The molecule has 1 aromatic rings. The molecule has 2 N–H and O–H groups in total. The third kappa shape index (κ3) is 2.85. The average Bonchev–Trinajstić information content (AvgIpc) is 2.47. The van der Waals surface area contributed by atoms with Gasteiger partial charge in [-0.1, -0.05) is 0 Å². The van der Waals surface area contributed by atoms with Gasteiger partial charge in [0.05, 0.1) is 18.7 Å². The van der Waals surface area contributed by atoms with Crippen molar-refractivity contribution in [1.29, 1.82) is 5.26 Å². The molecular formula is C14H17N3O2. The number of nitriles is 1. The highest BCUT2D eigenvalue weighted by Gasteiger charge is 2.30. The molecule has 19 heavy (non-hydrogen) atoms. The van der Waals surface area contributed by atoms with Crippen LogP contribution in [0.5, 0.6) is 0 Å². The van der Waals surface area contributed by atoms with Gasteiger partial charge in [0.15, 0.2) is 0 Å². The maximum absolute atomic E-state index is 11.3. The Kier molecular flexibility index (Phi) is 3.72. The second kappa shape index (κ2) is 5.29. The number of nitrogens with zero attached hydrogens (tertiary/aromatic N) is 2. The summed E-state index contributed by atoms with van der Waals surface area (Å²) in [4.78, 5) is 13.5. The predicted molar refractivity (Wildman–Crippen MR) is 71.8 cm³/mol. The van der Waals surface area contributed by atoms with E-state index in [2.05, 4.69) is 15.7 Å². The van der Waals surface area contributed by atoms with Crippen LogP contribution in [0.3, 0.4) is 0 Å². The first kappa shape index (κ1) is 13.4. The van der Waals surface area contributed by atoms with Crippen LogP contribution in [0.15, 0.2) is 24.3 Å². The molecule has 0 amide bonds. The maximum atomic E-state index is 11.3. The van der Waals surface area contributed by atoms with Crippen molar-refractivity contribution in [2.24, 2.45) is 5.73 Å². The highest BCUT2D eigenvalue weighted by atomic mass is 16.5. The number of carbonyl (C=O) groups is 1. The van der Waals surface area contributed by atoms with E-state index in [9.17, 15) is 4.79 Å². The zero-order chi connectivity index (χ0) is 13.9. The number of piperidine rings is 1. The number of hydrogen-bond acceptors (Lipinski definition) is 5. The predicted octanol–water partition coefficient (Wildman–Crippen LogP) is 1.29. The van der Waals surface area contributed by atoms with Crippen LogP contribution < -0.4 is 10.6 Å². The number of anilines is 1. The second-order valence-corrected chi connectivity index (χ2v) is 4.79. The smallest absolute Gasteiger partial charge is 0.337 e. The second-order valence-electron chi connectivity index (χ2n) is 4.79. The molecule has 0 aliphatic carbocycles. The monoisotopic (exact) mass is 259 g/mol. The van der Waals surface area contributed by atoms with Crippen LogP contribution in [0.4, 0.5) is 5.69 Å². The molecule has 0 radical (unpaired) electrons. The number of hydrogen-bond donors (Lipinski definition) is 1. The van der Waals surface area contributed by atoms with E-state index >= 15 is 0 Å². The van der Waals surface area contributed by atoms with Crippen molar-refractivity contribution in [3.05, 3.63) is 29.8 Å². The minimum absolute atomic E-state index is 0.337. The molecule has 5 nitrogen and oxygen atoms in total. The summed E-state index contributed by atoms with van der Waals surface area (Å²) in [6.45, 7) is 1.50. The third-order valence-electron chi connectivity index (χ3n) is 3.53. The van der Waals surface area contributed by atoms with E-state index in [0.29, 0.717) is 18.4 Å². The summed E-state index contributed by atoms with van der Waals surface area (Å²) in [5, 5.41) is 8.99. The molecule has 0 spiro atoms. The lowest BCUT2D eigenvalue weighted by Crippen LogP contribution is -2.49. The number of carbonyl (C=O) groups excluding carboxylic acids is 1. The first-order chi connectivity index (χ1) is 9.08. The van der Waals surface area contributed by atoms with Gasteiger partial charge in [0.1, 0.15) is 5.54 Å². The molecule has 0 aromatic heterocycles. The Balaban J connectivity index is 2.05. The number of ether oxygens (including phenoxy) is 1. The summed E-state index contributed by atoms with van der Waals surface area (Å²) in [7, 11) is 1.36. The molecular weight excluding hydrogens is 242 g/mol. The van der Waals surface area contributed by atoms with Crippen molar-refractivity contribution in [1.82, 2.24) is 0 Å². The Morgan fingerprint density at radius 3 is 2.42 bits per heavy atom.